The molecule has 0 bridgehead atoms. The predicted molar refractivity (Wildman–Crippen MR) is 121 cm³/mol. The molecule has 0 N–H and O–H groups in total. The van der Waals surface area contributed by atoms with Gasteiger partial charge in [-0.2, -0.15) is 0 Å². The van der Waals surface area contributed by atoms with Crippen molar-refractivity contribution < 1.29 is 13.9 Å². The Kier molecular flexibility index (Phi) is 7.17. The summed E-state index contributed by atoms with van der Waals surface area (Å²) in [4.78, 5) is 17.1. The molecule has 0 unspecified atom stereocenters. The van der Waals surface area contributed by atoms with E-state index in [9.17, 15) is 4.79 Å². The van der Waals surface area contributed by atoms with Gasteiger partial charge in [-0.15, -0.1) is 10.2 Å². The molecule has 2 aromatic carbocycles. The summed E-state index contributed by atoms with van der Waals surface area (Å²) in [5.41, 5.74) is 2.43. The van der Waals surface area contributed by atoms with Gasteiger partial charge in [0, 0.05) is 38.9 Å². The summed E-state index contributed by atoms with van der Waals surface area (Å²) in [6, 6.07) is 18.6. The zero-order valence-electron chi connectivity index (χ0n) is 18.7. The molecule has 3 aromatic rings. The van der Waals surface area contributed by atoms with Gasteiger partial charge in [0.25, 0.3) is 0 Å². The lowest BCUT2D eigenvalue weighted by atomic mass is 10.0. The van der Waals surface area contributed by atoms with Crippen molar-refractivity contribution in [2.45, 2.75) is 31.7 Å². The van der Waals surface area contributed by atoms with Crippen LogP contribution in [-0.2, 0) is 24.1 Å². The second-order valence-corrected chi connectivity index (χ2v) is 8.18. The summed E-state index contributed by atoms with van der Waals surface area (Å²) in [6.07, 6.45) is 2.33. The monoisotopic (exact) mass is 434 g/mol. The van der Waals surface area contributed by atoms with Gasteiger partial charge in [-0.3, -0.25) is 9.69 Å². The first-order chi connectivity index (χ1) is 15.6. The van der Waals surface area contributed by atoms with Crippen molar-refractivity contribution in [3.8, 4) is 5.75 Å². The molecule has 0 spiro atoms. The smallest absolute Gasteiger partial charge is 0.223 e. The van der Waals surface area contributed by atoms with Crippen molar-refractivity contribution in [2.75, 3.05) is 33.8 Å². The van der Waals surface area contributed by atoms with Crippen molar-refractivity contribution in [3.05, 3.63) is 77.5 Å². The van der Waals surface area contributed by atoms with E-state index in [1.807, 2.05) is 47.4 Å². The molecule has 1 aromatic heterocycles. The highest BCUT2D eigenvalue weighted by molar-refractivity contribution is 5.76. The van der Waals surface area contributed by atoms with E-state index in [0.29, 0.717) is 37.6 Å². The fourth-order valence-electron chi connectivity index (χ4n) is 4.04. The Bertz CT molecular complexity index is 1000. The van der Waals surface area contributed by atoms with Gasteiger partial charge < -0.3 is 14.1 Å². The normalized spacial score (nSPS) is 16.8. The Morgan fingerprint density at radius 2 is 1.72 bits per heavy atom. The van der Waals surface area contributed by atoms with Crippen molar-refractivity contribution >= 4 is 5.91 Å². The number of aromatic nitrogens is 2. The largest absolute Gasteiger partial charge is 0.497 e. The van der Waals surface area contributed by atoms with Gasteiger partial charge in [0.15, 0.2) is 0 Å². The van der Waals surface area contributed by atoms with E-state index < -0.39 is 0 Å². The summed E-state index contributed by atoms with van der Waals surface area (Å²) in [7, 11) is 3.77. The molecule has 1 amide bonds. The molecule has 7 nitrogen and oxygen atoms in total. The van der Waals surface area contributed by atoms with Crippen LogP contribution in [0.3, 0.4) is 0 Å². The molecular formula is C25H30N4O3. The second kappa shape index (κ2) is 10.4. The van der Waals surface area contributed by atoms with Crippen LogP contribution in [0.15, 0.2) is 59.0 Å². The molecule has 2 heterocycles. The quantitative estimate of drug-likeness (QED) is 0.542. The van der Waals surface area contributed by atoms with Gasteiger partial charge in [0.2, 0.25) is 17.7 Å². The maximum absolute atomic E-state index is 12.8. The number of likely N-dealkylation sites (N-methyl/N-ethyl adjacent to an activating group) is 1. The van der Waals surface area contributed by atoms with Crippen LogP contribution in [0.5, 0.6) is 5.75 Å². The number of aryl methyl sites for hydroxylation is 3. The number of carbonyl (C=O) groups excluding carboxylic acids is 1. The minimum atomic E-state index is 0.136. The topological polar surface area (TPSA) is 71.7 Å². The number of benzene rings is 2. The van der Waals surface area contributed by atoms with Gasteiger partial charge in [0.1, 0.15) is 5.75 Å². The number of methoxy groups -OCH3 is 1. The number of rotatable bonds is 8. The fourth-order valence-corrected chi connectivity index (χ4v) is 4.04. The summed E-state index contributed by atoms with van der Waals surface area (Å²) >= 11 is 0. The molecule has 1 aliphatic heterocycles. The first-order valence-electron chi connectivity index (χ1n) is 11.1. The zero-order chi connectivity index (χ0) is 22.3. The van der Waals surface area contributed by atoms with Crippen LogP contribution < -0.4 is 4.74 Å². The maximum atomic E-state index is 12.8. The van der Waals surface area contributed by atoms with Crippen molar-refractivity contribution in [1.29, 1.82) is 0 Å². The average molecular weight is 435 g/mol. The highest BCUT2D eigenvalue weighted by Crippen LogP contribution is 2.24. The van der Waals surface area contributed by atoms with Crippen LogP contribution in [0.25, 0.3) is 0 Å². The van der Waals surface area contributed by atoms with Gasteiger partial charge in [-0.05, 0) is 36.7 Å². The molecule has 0 radical (unpaired) electrons. The van der Waals surface area contributed by atoms with Crippen LogP contribution in [0.1, 0.15) is 35.4 Å². The second-order valence-electron chi connectivity index (χ2n) is 8.18. The van der Waals surface area contributed by atoms with Gasteiger partial charge in [0.05, 0.1) is 13.2 Å². The third-order valence-electron chi connectivity index (χ3n) is 6.03. The molecule has 0 saturated carbocycles. The number of ether oxygens (including phenoxy) is 1. The van der Waals surface area contributed by atoms with E-state index in [1.54, 1.807) is 7.11 Å². The number of hydrogen-bond donors (Lipinski definition) is 0. The molecule has 4 rings (SSSR count). The van der Waals surface area contributed by atoms with E-state index in [1.165, 1.54) is 11.1 Å². The summed E-state index contributed by atoms with van der Waals surface area (Å²) in [6.45, 7) is 2.31. The Balaban J connectivity index is 1.26. The number of piperazine rings is 1. The minimum Gasteiger partial charge on any atom is -0.497 e. The third kappa shape index (κ3) is 5.53. The van der Waals surface area contributed by atoms with E-state index in [0.717, 1.165) is 25.3 Å². The van der Waals surface area contributed by atoms with Gasteiger partial charge in [-0.1, -0.05) is 42.5 Å². The first-order valence-corrected chi connectivity index (χ1v) is 11.1. The van der Waals surface area contributed by atoms with E-state index in [-0.39, 0.29) is 11.9 Å². The van der Waals surface area contributed by atoms with Crippen LogP contribution in [0.2, 0.25) is 0 Å². The molecule has 168 valence electrons. The molecule has 32 heavy (non-hydrogen) atoms. The highest BCUT2D eigenvalue weighted by atomic mass is 16.5. The van der Waals surface area contributed by atoms with Crippen molar-refractivity contribution in [3.63, 3.8) is 0 Å². The SMILES string of the molecule is COc1ccc(CCc2nnc(CCC(=O)N3CCN(C)[C@@H](c4ccccc4)C3)o2)cc1. The Labute approximate surface area is 189 Å². The molecule has 7 heteroatoms. The molecular weight excluding hydrogens is 404 g/mol. The zero-order valence-corrected chi connectivity index (χ0v) is 18.7. The Morgan fingerprint density at radius 1 is 1.00 bits per heavy atom. The fraction of sp³-hybridized carbons (Fsp3) is 0.400. The van der Waals surface area contributed by atoms with Crippen molar-refractivity contribution in [2.24, 2.45) is 0 Å². The molecule has 1 aliphatic rings. The van der Waals surface area contributed by atoms with Crippen LogP contribution >= 0.6 is 0 Å². The van der Waals surface area contributed by atoms with Gasteiger partial charge in [-0.25, -0.2) is 0 Å². The van der Waals surface area contributed by atoms with E-state index >= 15 is 0 Å². The number of hydrogen-bond acceptors (Lipinski definition) is 6. The first kappa shape index (κ1) is 22.0. The molecule has 1 fully saturated rings. The van der Waals surface area contributed by atoms with Crippen LogP contribution in [0.4, 0.5) is 0 Å². The highest BCUT2D eigenvalue weighted by Gasteiger charge is 2.28. The summed E-state index contributed by atoms with van der Waals surface area (Å²) in [5, 5.41) is 8.28. The molecule has 1 saturated heterocycles. The predicted octanol–water partition coefficient (Wildman–Crippen LogP) is 3.31. The van der Waals surface area contributed by atoms with Gasteiger partial charge >= 0.3 is 0 Å². The Morgan fingerprint density at radius 3 is 2.44 bits per heavy atom. The van der Waals surface area contributed by atoms with Crippen molar-refractivity contribution in [1.82, 2.24) is 20.0 Å². The van der Waals surface area contributed by atoms with E-state index in [4.69, 9.17) is 9.15 Å². The number of amides is 1. The van der Waals surface area contributed by atoms with Crippen LogP contribution in [0, 0.1) is 0 Å². The summed E-state index contributed by atoms with van der Waals surface area (Å²) in [5.74, 6) is 2.11. The lowest BCUT2D eigenvalue weighted by Crippen LogP contribution is -2.49. The van der Waals surface area contributed by atoms with Crippen LogP contribution in [-0.4, -0.2) is 59.7 Å². The molecule has 1 atom stereocenters. The summed E-state index contributed by atoms with van der Waals surface area (Å²) < 4.78 is 11.0. The Hall–Kier alpha value is -3.19. The van der Waals surface area contributed by atoms with E-state index in [2.05, 4.69) is 34.3 Å². The average Bonchev–Trinajstić information content (AvgIpc) is 3.30. The standard InChI is InChI=1S/C25H30N4O3/c1-28-16-17-29(18-22(28)20-6-4-3-5-7-20)25(30)15-14-24-27-26-23(32-24)13-10-19-8-11-21(31-2)12-9-19/h3-9,11-12,22H,10,13-18H2,1-2H3/t22-/m1/s1. The number of carbonyl (C=O) groups is 1. The lowest BCUT2D eigenvalue weighted by molar-refractivity contribution is -0.134. The lowest BCUT2D eigenvalue weighted by Gasteiger charge is -2.39. The maximum Gasteiger partial charge on any atom is 0.223 e. The molecule has 0 aliphatic carbocycles. The number of nitrogens with zero attached hydrogens (tertiary/aromatic N) is 4. The minimum absolute atomic E-state index is 0.136. The third-order valence-corrected chi connectivity index (χ3v) is 6.03.